The van der Waals surface area contributed by atoms with Gasteiger partial charge in [0.05, 0.1) is 5.69 Å². The lowest BCUT2D eigenvalue weighted by molar-refractivity contribution is 0.0958. The molecule has 0 bridgehead atoms. The smallest absolute Gasteiger partial charge is 0.273 e. The number of nitrogens with one attached hydrogen (secondary N) is 3. The van der Waals surface area contributed by atoms with Gasteiger partial charge in [0.1, 0.15) is 5.82 Å². The first kappa shape index (κ1) is 16.4. The Morgan fingerprint density at radius 2 is 2.00 bits per heavy atom. The van der Waals surface area contributed by atoms with Crippen molar-refractivity contribution in [1.29, 1.82) is 0 Å². The highest BCUT2D eigenvalue weighted by molar-refractivity contribution is 5.98. The van der Waals surface area contributed by atoms with E-state index in [0.717, 1.165) is 5.56 Å². The average Bonchev–Trinajstić information content (AvgIpc) is 3.01. The molecule has 3 rings (SSSR count). The van der Waals surface area contributed by atoms with E-state index in [1.165, 1.54) is 0 Å². The van der Waals surface area contributed by atoms with Gasteiger partial charge in [-0.05, 0) is 18.6 Å². The lowest BCUT2D eigenvalue weighted by Gasteiger charge is -2.12. The Morgan fingerprint density at radius 3 is 2.68 bits per heavy atom. The van der Waals surface area contributed by atoms with E-state index in [0.29, 0.717) is 23.1 Å². The fourth-order valence-corrected chi connectivity index (χ4v) is 2.19. The van der Waals surface area contributed by atoms with Gasteiger partial charge in [0, 0.05) is 38.6 Å². The zero-order valence-corrected chi connectivity index (χ0v) is 14.1. The van der Waals surface area contributed by atoms with Crippen molar-refractivity contribution < 1.29 is 4.79 Å². The summed E-state index contributed by atoms with van der Waals surface area (Å²) >= 11 is 0. The van der Waals surface area contributed by atoms with Crippen LogP contribution in [-0.2, 0) is 7.05 Å². The van der Waals surface area contributed by atoms with Crippen molar-refractivity contribution in [2.75, 3.05) is 17.7 Å². The Kier molecular flexibility index (Phi) is 4.55. The zero-order valence-electron chi connectivity index (χ0n) is 14.1. The average molecular weight is 338 g/mol. The standard InChI is InChI=1S/C16H18N8O/c1-10-5-4-7-18-15(10)19-11-9-13(20-12-6-8-24(3)23-12)21-22-14(11)16(25)17-2/h4-9H,1-3H3,(H,17,25)(H2,18,19,20,21,23). The number of anilines is 4. The van der Waals surface area contributed by atoms with Crippen molar-refractivity contribution in [3.8, 4) is 0 Å². The molecular formula is C16H18N8O. The van der Waals surface area contributed by atoms with E-state index in [4.69, 9.17) is 0 Å². The van der Waals surface area contributed by atoms with E-state index < -0.39 is 0 Å². The molecule has 3 aromatic rings. The summed E-state index contributed by atoms with van der Waals surface area (Å²) in [6.07, 6.45) is 3.49. The van der Waals surface area contributed by atoms with Crippen LogP contribution in [0.5, 0.6) is 0 Å². The van der Waals surface area contributed by atoms with Crippen molar-refractivity contribution in [1.82, 2.24) is 30.3 Å². The number of hydrogen-bond donors (Lipinski definition) is 3. The van der Waals surface area contributed by atoms with Crippen LogP contribution >= 0.6 is 0 Å². The monoisotopic (exact) mass is 338 g/mol. The number of hydrogen-bond acceptors (Lipinski definition) is 7. The highest BCUT2D eigenvalue weighted by Crippen LogP contribution is 2.23. The van der Waals surface area contributed by atoms with Crippen molar-refractivity contribution in [3.63, 3.8) is 0 Å². The molecule has 25 heavy (non-hydrogen) atoms. The van der Waals surface area contributed by atoms with Gasteiger partial charge >= 0.3 is 0 Å². The van der Waals surface area contributed by atoms with E-state index in [9.17, 15) is 4.79 Å². The Hall–Kier alpha value is -3.49. The molecule has 9 nitrogen and oxygen atoms in total. The van der Waals surface area contributed by atoms with Gasteiger partial charge in [0.15, 0.2) is 17.3 Å². The van der Waals surface area contributed by atoms with Crippen LogP contribution in [0.3, 0.4) is 0 Å². The predicted molar refractivity (Wildman–Crippen MR) is 94.2 cm³/mol. The number of nitrogens with zero attached hydrogens (tertiary/aromatic N) is 5. The molecule has 1 amide bonds. The fourth-order valence-electron chi connectivity index (χ4n) is 2.19. The highest BCUT2D eigenvalue weighted by Gasteiger charge is 2.16. The molecule has 0 unspecified atom stereocenters. The van der Waals surface area contributed by atoms with Gasteiger partial charge in [-0.15, -0.1) is 10.2 Å². The fraction of sp³-hybridized carbons (Fsp3) is 0.188. The summed E-state index contributed by atoms with van der Waals surface area (Å²) in [7, 11) is 3.36. The number of amides is 1. The summed E-state index contributed by atoms with van der Waals surface area (Å²) in [4.78, 5) is 16.4. The lowest BCUT2D eigenvalue weighted by Crippen LogP contribution is -2.21. The van der Waals surface area contributed by atoms with Crippen LogP contribution < -0.4 is 16.0 Å². The molecule has 9 heteroatoms. The molecule has 0 atom stereocenters. The molecule has 0 saturated heterocycles. The summed E-state index contributed by atoms with van der Waals surface area (Å²) in [5.74, 6) is 1.39. The quantitative estimate of drug-likeness (QED) is 0.650. The summed E-state index contributed by atoms with van der Waals surface area (Å²) in [6.45, 7) is 1.93. The van der Waals surface area contributed by atoms with E-state index in [2.05, 4.69) is 36.2 Å². The zero-order chi connectivity index (χ0) is 17.8. The van der Waals surface area contributed by atoms with Crippen molar-refractivity contribution in [2.45, 2.75) is 6.92 Å². The van der Waals surface area contributed by atoms with Crippen molar-refractivity contribution in [2.24, 2.45) is 7.05 Å². The van der Waals surface area contributed by atoms with Crippen LogP contribution in [0.15, 0.2) is 36.7 Å². The first-order valence-electron chi connectivity index (χ1n) is 7.62. The summed E-state index contributed by atoms with van der Waals surface area (Å²) in [5.41, 5.74) is 1.62. The van der Waals surface area contributed by atoms with Crippen LogP contribution in [-0.4, -0.2) is 37.9 Å². The van der Waals surface area contributed by atoms with Crippen LogP contribution in [0.2, 0.25) is 0 Å². The van der Waals surface area contributed by atoms with Gasteiger partial charge in [-0.1, -0.05) is 6.07 Å². The van der Waals surface area contributed by atoms with Crippen molar-refractivity contribution in [3.05, 3.63) is 47.9 Å². The number of carbonyl (C=O) groups excluding carboxylic acids is 1. The second-order valence-corrected chi connectivity index (χ2v) is 5.36. The first-order valence-corrected chi connectivity index (χ1v) is 7.62. The highest BCUT2D eigenvalue weighted by atomic mass is 16.1. The van der Waals surface area contributed by atoms with Crippen LogP contribution in [0, 0.1) is 6.92 Å². The molecule has 0 aliphatic rings. The Labute approximate surface area is 144 Å². The molecule has 0 aliphatic heterocycles. The molecule has 3 aromatic heterocycles. The van der Waals surface area contributed by atoms with Crippen LogP contribution in [0.4, 0.5) is 23.1 Å². The summed E-state index contributed by atoms with van der Waals surface area (Å²) in [6, 6.07) is 7.28. The molecule has 0 fully saturated rings. The minimum atomic E-state index is -0.340. The topological polar surface area (TPSA) is 110 Å². The van der Waals surface area contributed by atoms with Crippen LogP contribution in [0.1, 0.15) is 16.1 Å². The maximum Gasteiger partial charge on any atom is 0.273 e. The molecular weight excluding hydrogens is 320 g/mol. The molecule has 0 spiro atoms. The minimum absolute atomic E-state index is 0.180. The van der Waals surface area contributed by atoms with E-state index in [-0.39, 0.29) is 11.6 Å². The Morgan fingerprint density at radius 1 is 1.16 bits per heavy atom. The van der Waals surface area contributed by atoms with Gasteiger partial charge in [-0.25, -0.2) is 4.98 Å². The minimum Gasteiger partial charge on any atom is -0.354 e. The molecule has 0 aliphatic carbocycles. The SMILES string of the molecule is CNC(=O)c1nnc(Nc2ccn(C)n2)cc1Nc1ncccc1C. The van der Waals surface area contributed by atoms with Gasteiger partial charge < -0.3 is 16.0 Å². The normalized spacial score (nSPS) is 10.4. The van der Waals surface area contributed by atoms with Gasteiger partial charge in [0.25, 0.3) is 5.91 Å². The number of carbonyl (C=O) groups is 1. The van der Waals surface area contributed by atoms with Gasteiger partial charge in [-0.2, -0.15) is 5.10 Å². The van der Waals surface area contributed by atoms with Crippen molar-refractivity contribution >= 4 is 29.0 Å². The Balaban J connectivity index is 1.95. The molecule has 3 heterocycles. The van der Waals surface area contributed by atoms with Gasteiger partial charge in [0.2, 0.25) is 0 Å². The number of aromatic nitrogens is 5. The lowest BCUT2D eigenvalue weighted by atomic mass is 10.2. The summed E-state index contributed by atoms with van der Waals surface area (Å²) in [5, 5.41) is 21.1. The molecule has 0 aromatic carbocycles. The molecule has 0 radical (unpaired) electrons. The number of aryl methyl sites for hydroxylation is 2. The van der Waals surface area contributed by atoms with Gasteiger partial charge in [-0.3, -0.25) is 9.48 Å². The largest absolute Gasteiger partial charge is 0.354 e. The predicted octanol–water partition coefficient (Wildman–Crippen LogP) is 1.76. The molecule has 3 N–H and O–H groups in total. The van der Waals surface area contributed by atoms with E-state index >= 15 is 0 Å². The second kappa shape index (κ2) is 6.95. The summed E-state index contributed by atoms with van der Waals surface area (Å²) < 4.78 is 1.67. The van der Waals surface area contributed by atoms with E-state index in [1.54, 1.807) is 24.0 Å². The maximum atomic E-state index is 12.1. The van der Waals surface area contributed by atoms with Crippen LogP contribution in [0.25, 0.3) is 0 Å². The third kappa shape index (κ3) is 3.71. The van der Waals surface area contributed by atoms with E-state index in [1.807, 2.05) is 38.4 Å². The number of rotatable bonds is 5. The number of pyridine rings is 1. The molecule has 0 saturated carbocycles. The second-order valence-electron chi connectivity index (χ2n) is 5.36. The molecule has 128 valence electrons. The first-order chi connectivity index (χ1) is 12.1. The maximum absolute atomic E-state index is 12.1. The third-order valence-electron chi connectivity index (χ3n) is 3.47. The Bertz CT molecular complexity index is 905. The third-order valence-corrected chi connectivity index (χ3v) is 3.47.